The highest BCUT2D eigenvalue weighted by molar-refractivity contribution is 9.10. The topological polar surface area (TPSA) is 51.0 Å². The van der Waals surface area contributed by atoms with Crippen molar-refractivity contribution >= 4 is 21.8 Å². The highest BCUT2D eigenvalue weighted by atomic mass is 79.9. The van der Waals surface area contributed by atoms with Crippen LogP contribution < -0.4 is 0 Å². The van der Waals surface area contributed by atoms with Crippen LogP contribution in [0, 0.1) is 0 Å². The fourth-order valence-electron chi connectivity index (χ4n) is 2.13. The van der Waals surface area contributed by atoms with Gasteiger partial charge in [-0.1, -0.05) is 0 Å². The van der Waals surface area contributed by atoms with E-state index < -0.39 is 0 Å². The molecule has 1 aliphatic carbocycles. The average Bonchev–Trinajstić information content (AvgIpc) is 3.20. The van der Waals surface area contributed by atoms with E-state index in [0.29, 0.717) is 18.3 Å². The van der Waals surface area contributed by atoms with Crippen LogP contribution in [0.25, 0.3) is 0 Å². The van der Waals surface area contributed by atoms with Gasteiger partial charge in [-0.3, -0.25) is 4.79 Å². The Hall–Kier alpha value is -1.69. The standard InChI is InChI=1S/C14H15BrN4O/c1-18-8-7-16-12(18)9-19(10-4-5-10)14(20)13-11(15)3-2-6-17-13/h2-3,6-8,10H,4-5,9H2,1H3. The van der Waals surface area contributed by atoms with Crippen molar-refractivity contribution in [3.8, 4) is 0 Å². The lowest BCUT2D eigenvalue weighted by Crippen LogP contribution is -2.34. The maximum atomic E-state index is 12.7. The Morgan fingerprint density at radius 2 is 2.25 bits per heavy atom. The average molecular weight is 335 g/mol. The molecule has 0 unspecified atom stereocenters. The normalized spacial score (nSPS) is 14.3. The number of pyridine rings is 1. The summed E-state index contributed by atoms with van der Waals surface area (Å²) in [6.07, 6.45) is 7.40. The minimum atomic E-state index is -0.0389. The van der Waals surface area contributed by atoms with E-state index in [-0.39, 0.29) is 5.91 Å². The van der Waals surface area contributed by atoms with Gasteiger partial charge in [0.25, 0.3) is 5.91 Å². The van der Waals surface area contributed by atoms with Gasteiger partial charge in [-0.25, -0.2) is 9.97 Å². The first-order valence-electron chi connectivity index (χ1n) is 6.54. The summed E-state index contributed by atoms with van der Waals surface area (Å²) in [4.78, 5) is 23.0. The SMILES string of the molecule is Cn1ccnc1CN(C(=O)c1ncccc1Br)C1CC1. The van der Waals surface area contributed by atoms with Crippen LogP contribution in [0.15, 0.2) is 35.2 Å². The van der Waals surface area contributed by atoms with Gasteiger partial charge >= 0.3 is 0 Å². The predicted octanol–water partition coefficient (Wildman–Crippen LogP) is 2.38. The van der Waals surface area contributed by atoms with Crippen LogP contribution in [0.2, 0.25) is 0 Å². The summed E-state index contributed by atoms with van der Waals surface area (Å²) in [5, 5.41) is 0. The first-order valence-corrected chi connectivity index (χ1v) is 7.34. The molecular formula is C14H15BrN4O. The van der Waals surface area contributed by atoms with Crippen molar-refractivity contribution < 1.29 is 4.79 Å². The van der Waals surface area contributed by atoms with Crippen LogP contribution >= 0.6 is 15.9 Å². The Labute approximate surface area is 125 Å². The Balaban J connectivity index is 1.86. The third kappa shape index (κ3) is 2.60. The van der Waals surface area contributed by atoms with Gasteiger partial charge < -0.3 is 9.47 Å². The smallest absolute Gasteiger partial charge is 0.274 e. The number of imidazole rings is 1. The molecule has 1 saturated carbocycles. The molecule has 0 aromatic carbocycles. The number of aryl methyl sites for hydroxylation is 1. The molecule has 5 nitrogen and oxygen atoms in total. The Morgan fingerprint density at radius 3 is 2.85 bits per heavy atom. The van der Waals surface area contributed by atoms with Crippen LogP contribution in [-0.4, -0.2) is 31.4 Å². The second-order valence-electron chi connectivity index (χ2n) is 4.95. The minimum Gasteiger partial charge on any atom is -0.337 e. The van der Waals surface area contributed by atoms with Crippen molar-refractivity contribution in [2.45, 2.75) is 25.4 Å². The molecule has 0 spiro atoms. The molecule has 6 heteroatoms. The highest BCUT2D eigenvalue weighted by Gasteiger charge is 2.34. The van der Waals surface area contributed by atoms with Crippen LogP contribution in [0.3, 0.4) is 0 Å². The molecule has 3 rings (SSSR count). The summed E-state index contributed by atoms with van der Waals surface area (Å²) in [5.41, 5.74) is 0.466. The number of amides is 1. The van der Waals surface area contributed by atoms with E-state index in [9.17, 15) is 4.79 Å². The molecule has 1 fully saturated rings. The number of carbonyl (C=O) groups excluding carboxylic acids is 1. The van der Waals surface area contributed by atoms with Crippen LogP contribution in [0.5, 0.6) is 0 Å². The summed E-state index contributed by atoms with van der Waals surface area (Å²) >= 11 is 3.40. The molecule has 20 heavy (non-hydrogen) atoms. The molecule has 0 saturated heterocycles. The molecule has 2 aromatic heterocycles. The number of halogens is 1. The van der Waals surface area contributed by atoms with E-state index >= 15 is 0 Å². The monoisotopic (exact) mass is 334 g/mol. The lowest BCUT2D eigenvalue weighted by Gasteiger charge is -2.22. The third-order valence-electron chi connectivity index (χ3n) is 3.44. The maximum absolute atomic E-state index is 12.7. The summed E-state index contributed by atoms with van der Waals surface area (Å²) < 4.78 is 2.67. The van der Waals surface area contributed by atoms with Crippen LogP contribution in [0.1, 0.15) is 29.2 Å². The van der Waals surface area contributed by atoms with Crippen LogP contribution in [0.4, 0.5) is 0 Å². The second kappa shape index (κ2) is 5.36. The Bertz CT molecular complexity index is 636. The van der Waals surface area contributed by atoms with Gasteiger partial charge in [0.15, 0.2) is 0 Å². The maximum Gasteiger partial charge on any atom is 0.274 e. The van der Waals surface area contributed by atoms with Crippen molar-refractivity contribution in [2.75, 3.05) is 0 Å². The zero-order valence-electron chi connectivity index (χ0n) is 11.2. The number of aromatic nitrogens is 3. The second-order valence-corrected chi connectivity index (χ2v) is 5.81. The first kappa shape index (κ1) is 13.3. The molecule has 1 amide bonds. The molecule has 0 radical (unpaired) electrons. The largest absolute Gasteiger partial charge is 0.337 e. The fraction of sp³-hybridized carbons (Fsp3) is 0.357. The number of rotatable bonds is 4. The van der Waals surface area contributed by atoms with Gasteiger partial charge in [0, 0.05) is 36.2 Å². The number of hydrogen-bond donors (Lipinski definition) is 0. The molecule has 0 N–H and O–H groups in total. The van der Waals surface area contributed by atoms with Crippen molar-refractivity contribution in [3.63, 3.8) is 0 Å². The van der Waals surface area contributed by atoms with Gasteiger partial charge in [0.05, 0.1) is 6.54 Å². The predicted molar refractivity (Wildman–Crippen MR) is 78.0 cm³/mol. The minimum absolute atomic E-state index is 0.0389. The molecule has 0 bridgehead atoms. The molecular weight excluding hydrogens is 320 g/mol. The fourth-order valence-corrected chi connectivity index (χ4v) is 2.56. The van der Waals surface area contributed by atoms with Crippen molar-refractivity contribution in [2.24, 2.45) is 7.05 Å². The van der Waals surface area contributed by atoms with Gasteiger partial charge in [0.2, 0.25) is 0 Å². The summed E-state index contributed by atoms with van der Waals surface area (Å²) in [6, 6.07) is 3.96. The molecule has 1 aliphatic rings. The highest BCUT2D eigenvalue weighted by Crippen LogP contribution is 2.30. The van der Waals surface area contributed by atoms with E-state index in [1.165, 1.54) is 0 Å². The quantitative estimate of drug-likeness (QED) is 0.862. The summed E-state index contributed by atoms with van der Waals surface area (Å²) in [5.74, 6) is 0.847. The lowest BCUT2D eigenvalue weighted by atomic mass is 10.3. The number of carbonyl (C=O) groups is 1. The van der Waals surface area contributed by atoms with Gasteiger partial charge in [-0.05, 0) is 40.9 Å². The van der Waals surface area contributed by atoms with Crippen molar-refractivity contribution in [1.29, 1.82) is 0 Å². The van der Waals surface area contributed by atoms with Gasteiger partial charge in [-0.2, -0.15) is 0 Å². The number of hydrogen-bond acceptors (Lipinski definition) is 3. The summed E-state index contributed by atoms with van der Waals surface area (Å²) in [6.45, 7) is 0.524. The van der Waals surface area contributed by atoms with Crippen molar-refractivity contribution in [3.05, 3.63) is 46.7 Å². The van der Waals surface area contributed by atoms with Crippen LogP contribution in [-0.2, 0) is 13.6 Å². The van der Waals surface area contributed by atoms with Crippen molar-refractivity contribution in [1.82, 2.24) is 19.4 Å². The molecule has 2 aromatic rings. The summed E-state index contributed by atoms with van der Waals surface area (Å²) in [7, 11) is 1.94. The van der Waals surface area contributed by atoms with E-state index in [4.69, 9.17) is 0 Å². The zero-order valence-corrected chi connectivity index (χ0v) is 12.7. The third-order valence-corrected chi connectivity index (χ3v) is 4.08. The van der Waals surface area contributed by atoms with Gasteiger partial charge in [-0.15, -0.1) is 0 Å². The van der Waals surface area contributed by atoms with E-state index in [1.54, 1.807) is 18.5 Å². The van der Waals surface area contributed by atoms with E-state index in [1.807, 2.05) is 28.8 Å². The van der Waals surface area contributed by atoms with Gasteiger partial charge in [0.1, 0.15) is 11.5 Å². The molecule has 2 heterocycles. The zero-order chi connectivity index (χ0) is 14.1. The molecule has 104 valence electrons. The first-order chi connectivity index (χ1) is 9.66. The lowest BCUT2D eigenvalue weighted by molar-refractivity contribution is 0.0717. The molecule has 0 atom stereocenters. The Morgan fingerprint density at radius 1 is 1.45 bits per heavy atom. The number of nitrogens with zero attached hydrogens (tertiary/aromatic N) is 4. The van der Waals surface area contributed by atoms with E-state index in [0.717, 1.165) is 23.1 Å². The Kier molecular flexibility index (Phi) is 3.56. The molecule has 0 aliphatic heterocycles. The van der Waals surface area contributed by atoms with E-state index in [2.05, 4.69) is 25.9 Å².